The molecule has 2 heteroatoms. The van der Waals surface area contributed by atoms with Crippen LogP contribution in [0, 0.1) is 27.7 Å². The van der Waals surface area contributed by atoms with Gasteiger partial charge in [0.05, 0.1) is 11.6 Å². The van der Waals surface area contributed by atoms with Crippen LogP contribution in [0.5, 0.6) is 0 Å². The molecule has 0 aliphatic carbocycles. The molecule has 1 unspecified atom stereocenters. The molecule has 0 bridgehead atoms. The lowest BCUT2D eigenvalue weighted by Crippen LogP contribution is -2.11. The van der Waals surface area contributed by atoms with Crippen LogP contribution < -0.4 is 0 Å². The van der Waals surface area contributed by atoms with E-state index in [1.807, 2.05) is 6.92 Å². The highest BCUT2D eigenvalue weighted by Crippen LogP contribution is 2.29. The molecular weight excluding hydrogens is 210 g/mol. The predicted molar refractivity (Wildman–Crippen MR) is 72.6 cm³/mol. The molecule has 2 nitrogen and oxygen atoms in total. The molecule has 2 aromatic rings. The summed E-state index contributed by atoms with van der Waals surface area (Å²) >= 11 is 0. The van der Waals surface area contributed by atoms with E-state index in [0.717, 1.165) is 0 Å². The molecule has 0 fully saturated rings. The van der Waals surface area contributed by atoms with E-state index in [4.69, 9.17) is 0 Å². The summed E-state index contributed by atoms with van der Waals surface area (Å²) in [5.74, 6) is 0. The molecule has 1 N–H and O–H groups in total. The van der Waals surface area contributed by atoms with Crippen LogP contribution in [-0.4, -0.2) is 15.8 Å². The van der Waals surface area contributed by atoms with Gasteiger partial charge in [0.25, 0.3) is 0 Å². The quantitative estimate of drug-likeness (QED) is 0.843. The highest BCUT2D eigenvalue weighted by molar-refractivity contribution is 5.88. The van der Waals surface area contributed by atoms with E-state index >= 15 is 0 Å². The van der Waals surface area contributed by atoms with Crippen LogP contribution >= 0.6 is 0 Å². The van der Waals surface area contributed by atoms with Crippen LogP contribution in [0.4, 0.5) is 0 Å². The Bertz CT molecular complexity index is 564. The summed E-state index contributed by atoms with van der Waals surface area (Å²) in [4.78, 5) is 0. The van der Waals surface area contributed by atoms with Crippen molar-refractivity contribution in [1.29, 1.82) is 0 Å². The Morgan fingerprint density at radius 1 is 1.06 bits per heavy atom. The van der Waals surface area contributed by atoms with Crippen LogP contribution in [0.3, 0.4) is 0 Å². The van der Waals surface area contributed by atoms with Crippen LogP contribution in [0.25, 0.3) is 10.9 Å². The number of fused-ring (bicyclic) bond motifs is 1. The fraction of sp³-hybridized carbons (Fsp3) is 0.467. The molecule has 0 saturated carbocycles. The van der Waals surface area contributed by atoms with Crippen molar-refractivity contribution in [1.82, 2.24) is 4.57 Å². The van der Waals surface area contributed by atoms with Crippen molar-refractivity contribution in [3.05, 3.63) is 34.5 Å². The van der Waals surface area contributed by atoms with E-state index in [2.05, 4.69) is 44.5 Å². The molecule has 0 amide bonds. The van der Waals surface area contributed by atoms with Gasteiger partial charge in [-0.2, -0.15) is 0 Å². The molecule has 92 valence electrons. The van der Waals surface area contributed by atoms with Gasteiger partial charge >= 0.3 is 0 Å². The van der Waals surface area contributed by atoms with Crippen molar-refractivity contribution in [2.24, 2.45) is 0 Å². The minimum atomic E-state index is -0.313. The standard InChI is InChI=1S/C15H21NO/c1-9(17)8-16-7-6-14-12(4)10(2)11(3)13(5)15(14)16/h6-7,9,17H,8H2,1-5H3. The Morgan fingerprint density at radius 2 is 1.65 bits per heavy atom. The minimum absolute atomic E-state index is 0.313. The third-order valence-corrected chi connectivity index (χ3v) is 3.87. The van der Waals surface area contributed by atoms with Gasteiger partial charge in [-0.3, -0.25) is 0 Å². The van der Waals surface area contributed by atoms with Crippen molar-refractivity contribution in [2.45, 2.75) is 47.3 Å². The van der Waals surface area contributed by atoms with Crippen LogP contribution in [0.1, 0.15) is 29.2 Å². The molecule has 0 spiro atoms. The van der Waals surface area contributed by atoms with E-state index in [9.17, 15) is 5.11 Å². The summed E-state index contributed by atoms with van der Waals surface area (Å²) < 4.78 is 2.16. The average Bonchev–Trinajstić information content (AvgIpc) is 2.66. The fourth-order valence-electron chi connectivity index (χ4n) is 2.57. The Balaban J connectivity index is 2.76. The number of aromatic nitrogens is 1. The second-order valence-electron chi connectivity index (χ2n) is 5.08. The zero-order valence-electron chi connectivity index (χ0n) is 11.3. The van der Waals surface area contributed by atoms with Gasteiger partial charge < -0.3 is 9.67 Å². The summed E-state index contributed by atoms with van der Waals surface area (Å²) in [6.45, 7) is 11.2. The molecule has 0 radical (unpaired) electrons. The van der Waals surface area contributed by atoms with Crippen LogP contribution in [0.15, 0.2) is 12.3 Å². The van der Waals surface area contributed by atoms with Gasteiger partial charge in [0.15, 0.2) is 0 Å². The van der Waals surface area contributed by atoms with Gasteiger partial charge in [0.2, 0.25) is 0 Å². The zero-order chi connectivity index (χ0) is 12.7. The van der Waals surface area contributed by atoms with Gasteiger partial charge in [-0.15, -0.1) is 0 Å². The van der Waals surface area contributed by atoms with Crippen molar-refractivity contribution < 1.29 is 5.11 Å². The predicted octanol–water partition coefficient (Wildman–Crippen LogP) is 3.26. The first-order valence-electron chi connectivity index (χ1n) is 6.16. The molecule has 0 aliphatic rings. The number of nitrogens with zero attached hydrogens (tertiary/aromatic N) is 1. The van der Waals surface area contributed by atoms with Crippen molar-refractivity contribution in [2.75, 3.05) is 0 Å². The van der Waals surface area contributed by atoms with Crippen molar-refractivity contribution >= 4 is 10.9 Å². The summed E-state index contributed by atoms with van der Waals surface area (Å²) in [6, 6.07) is 2.16. The number of rotatable bonds is 2. The lowest BCUT2D eigenvalue weighted by molar-refractivity contribution is 0.175. The zero-order valence-corrected chi connectivity index (χ0v) is 11.3. The second kappa shape index (κ2) is 4.19. The van der Waals surface area contributed by atoms with Crippen molar-refractivity contribution in [3.8, 4) is 0 Å². The minimum Gasteiger partial charge on any atom is -0.392 e. The third-order valence-electron chi connectivity index (χ3n) is 3.87. The SMILES string of the molecule is Cc1c(C)c(C)c2c(ccn2CC(C)O)c1C. The highest BCUT2D eigenvalue weighted by atomic mass is 16.3. The molecule has 1 aromatic carbocycles. The van der Waals surface area contributed by atoms with Crippen LogP contribution in [0.2, 0.25) is 0 Å². The van der Waals surface area contributed by atoms with Crippen molar-refractivity contribution in [3.63, 3.8) is 0 Å². The normalized spacial score (nSPS) is 13.3. The maximum Gasteiger partial charge on any atom is 0.0691 e. The third kappa shape index (κ3) is 1.87. The molecular formula is C15H21NO. The molecule has 0 saturated heterocycles. The lowest BCUT2D eigenvalue weighted by Gasteiger charge is -2.15. The molecule has 1 aromatic heterocycles. The van der Waals surface area contributed by atoms with E-state index in [1.165, 1.54) is 33.2 Å². The Hall–Kier alpha value is -1.28. The maximum atomic E-state index is 9.55. The lowest BCUT2D eigenvalue weighted by atomic mass is 9.96. The van der Waals surface area contributed by atoms with Gasteiger partial charge in [-0.25, -0.2) is 0 Å². The first kappa shape index (κ1) is 12.2. The second-order valence-corrected chi connectivity index (χ2v) is 5.08. The van der Waals surface area contributed by atoms with E-state index in [-0.39, 0.29) is 6.10 Å². The smallest absolute Gasteiger partial charge is 0.0691 e. The van der Waals surface area contributed by atoms with E-state index in [1.54, 1.807) is 0 Å². The summed E-state index contributed by atoms with van der Waals surface area (Å²) in [5, 5.41) is 10.9. The first-order valence-corrected chi connectivity index (χ1v) is 6.16. The summed E-state index contributed by atoms with van der Waals surface area (Å²) in [5.41, 5.74) is 6.69. The van der Waals surface area contributed by atoms with Crippen LogP contribution in [-0.2, 0) is 6.54 Å². The van der Waals surface area contributed by atoms with Gasteiger partial charge in [-0.1, -0.05) is 0 Å². The largest absolute Gasteiger partial charge is 0.392 e. The fourth-order valence-corrected chi connectivity index (χ4v) is 2.57. The Labute approximate surface area is 103 Å². The van der Waals surface area contributed by atoms with Gasteiger partial charge in [0, 0.05) is 18.1 Å². The number of benzene rings is 1. The molecule has 0 aliphatic heterocycles. The number of aryl methyl sites for hydroxylation is 2. The monoisotopic (exact) mass is 231 g/mol. The molecule has 2 rings (SSSR count). The van der Waals surface area contributed by atoms with Gasteiger partial charge in [-0.05, 0) is 62.9 Å². The van der Waals surface area contributed by atoms with E-state index in [0.29, 0.717) is 6.54 Å². The molecule has 1 heterocycles. The average molecular weight is 231 g/mol. The number of hydrogen-bond acceptors (Lipinski definition) is 1. The Morgan fingerprint density at radius 3 is 2.24 bits per heavy atom. The first-order chi connectivity index (χ1) is 7.93. The summed E-state index contributed by atoms with van der Waals surface area (Å²) in [6.07, 6.45) is 1.77. The summed E-state index contributed by atoms with van der Waals surface area (Å²) in [7, 11) is 0. The Kier molecular flexibility index (Phi) is 3.00. The number of hydrogen-bond donors (Lipinski definition) is 1. The number of aliphatic hydroxyl groups is 1. The maximum absolute atomic E-state index is 9.55. The highest BCUT2D eigenvalue weighted by Gasteiger charge is 2.13. The number of aliphatic hydroxyl groups excluding tert-OH is 1. The molecule has 17 heavy (non-hydrogen) atoms. The molecule has 1 atom stereocenters. The topological polar surface area (TPSA) is 25.2 Å². The van der Waals surface area contributed by atoms with Gasteiger partial charge in [0.1, 0.15) is 0 Å². The van der Waals surface area contributed by atoms with E-state index < -0.39 is 0 Å².